The molecule has 1 N–H and O–H groups in total. The third-order valence-corrected chi connectivity index (χ3v) is 6.49. The molecule has 2 rings (SSSR count). The number of rotatable bonds is 14. The van der Waals surface area contributed by atoms with Crippen LogP contribution in [0, 0.1) is 18.8 Å². The first-order valence-electron chi connectivity index (χ1n) is 12.3. The van der Waals surface area contributed by atoms with Crippen molar-refractivity contribution in [3.8, 4) is 0 Å². The van der Waals surface area contributed by atoms with Crippen molar-refractivity contribution >= 4 is 5.57 Å². The van der Waals surface area contributed by atoms with Gasteiger partial charge in [-0.1, -0.05) is 69.7 Å². The van der Waals surface area contributed by atoms with Crippen molar-refractivity contribution in [1.29, 1.82) is 0 Å². The zero-order valence-corrected chi connectivity index (χ0v) is 21.0. The summed E-state index contributed by atoms with van der Waals surface area (Å²) in [5.41, 5.74) is 8.45. The molecular weight excluding hydrogens is 390 g/mol. The van der Waals surface area contributed by atoms with Gasteiger partial charge in [0.15, 0.2) is 0 Å². The van der Waals surface area contributed by atoms with Crippen LogP contribution in [0.1, 0.15) is 81.5 Å². The fourth-order valence-corrected chi connectivity index (χ4v) is 4.63. The maximum Gasteiger partial charge on any atom is 0.115 e. The van der Waals surface area contributed by atoms with E-state index in [1.54, 1.807) is 6.33 Å². The van der Waals surface area contributed by atoms with Gasteiger partial charge >= 0.3 is 0 Å². The number of likely N-dealkylation sites (N-methyl/N-ethyl adjacent to an activating group) is 1. The molecule has 2 aromatic rings. The second kappa shape index (κ2) is 13.2. The Morgan fingerprint density at radius 1 is 1.09 bits per heavy atom. The molecule has 0 spiro atoms. The van der Waals surface area contributed by atoms with Crippen LogP contribution in [0.2, 0.25) is 0 Å². The molecule has 2 atom stereocenters. The average Bonchev–Trinajstić information content (AvgIpc) is 2.76. The van der Waals surface area contributed by atoms with Crippen molar-refractivity contribution in [3.05, 3.63) is 77.5 Å². The summed E-state index contributed by atoms with van der Waals surface area (Å²) in [4.78, 5) is 9.14. The van der Waals surface area contributed by atoms with Gasteiger partial charge in [0, 0.05) is 24.4 Å². The van der Waals surface area contributed by atoms with Crippen LogP contribution in [0.5, 0.6) is 0 Å². The van der Waals surface area contributed by atoms with Gasteiger partial charge in [0.25, 0.3) is 0 Å². The molecule has 0 saturated carbocycles. The lowest BCUT2D eigenvalue weighted by atomic mass is 9.86. The van der Waals surface area contributed by atoms with E-state index in [4.69, 9.17) is 0 Å². The highest BCUT2D eigenvalue weighted by atomic mass is 14.9. The summed E-state index contributed by atoms with van der Waals surface area (Å²) < 4.78 is 0. The fraction of sp³-hybridized carbons (Fsp3) is 0.517. The molecule has 1 aromatic carbocycles. The zero-order valence-electron chi connectivity index (χ0n) is 21.0. The largest absolute Gasteiger partial charge is 0.389 e. The van der Waals surface area contributed by atoms with E-state index in [9.17, 15) is 0 Å². The van der Waals surface area contributed by atoms with Crippen LogP contribution in [-0.2, 0) is 19.3 Å². The minimum atomic E-state index is 0.612. The van der Waals surface area contributed by atoms with Gasteiger partial charge in [-0.05, 0) is 75.0 Å². The number of nitrogens with one attached hydrogen (secondary N) is 1. The molecule has 174 valence electrons. The first kappa shape index (κ1) is 25.8. The van der Waals surface area contributed by atoms with Crippen molar-refractivity contribution in [2.75, 3.05) is 6.54 Å². The maximum absolute atomic E-state index is 4.62. The molecule has 0 aliphatic carbocycles. The van der Waals surface area contributed by atoms with Crippen LogP contribution in [-0.4, -0.2) is 16.5 Å². The second-order valence-corrected chi connectivity index (χ2v) is 9.35. The van der Waals surface area contributed by atoms with E-state index in [0.717, 1.165) is 48.7 Å². The van der Waals surface area contributed by atoms with Crippen LogP contribution >= 0.6 is 0 Å². The van der Waals surface area contributed by atoms with Gasteiger partial charge in [0.1, 0.15) is 6.33 Å². The van der Waals surface area contributed by atoms with Crippen LogP contribution < -0.4 is 5.32 Å². The molecule has 0 radical (unpaired) electrons. The molecule has 1 aromatic heterocycles. The normalized spacial score (nSPS) is 12.9. The molecule has 0 bridgehead atoms. The lowest BCUT2D eigenvalue weighted by Gasteiger charge is -2.21. The quantitative estimate of drug-likeness (QED) is 0.345. The summed E-state index contributed by atoms with van der Waals surface area (Å²) in [5.74, 6) is 1.37. The topological polar surface area (TPSA) is 37.8 Å². The smallest absolute Gasteiger partial charge is 0.115 e. The SMILES string of the molecule is C=C(Cc1ncnc(CC(C)CC(CC)CCCc2ccccc2C(=C)C)c1C)NCC. The van der Waals surface area contributed by atoms with Gasteiger partial charge in [0.2, 0.25) is 0 Å². The number of benzene rings is 1. The van der Waals surface area contributed by atoms with Crippen molar-refractivity contribution in [1.82, 2.24) is 15.3 Å². The predicted molar refractivity (Wildman–Crippen MR) is 139 cm³/mol. The lowest BCUT2D eigenvalue weighted by molar-refractivity contribution is 0.350. The Balaban J connectivity index is 1.90. The van der Waals surface area contributed by atoms with Crippen LogP contribution in [0.3, 0.4) is 0 Å². The Morgan fingerprint density at radius 2 is 1.81 bits per heavy atom. The Hall–Kier alpha value is -2.42. The summed E-state index contributed by atoms with van der Waals surface area (Å²) in [7, 11) is 0. The Morgan fingerprint density at radius 3 is 2.50 bits per heavy atom. The van der Waals surface area contributed by atoms with E-state index >= 15 is 0 Å². The highest BCUT2D eigenvalue weighted by Gasteiger charge is 2.16. The highest BCUT2D eigenvalue weighted by molar-refractivity contribution is 5.64. The summed E-state index contributed by atoms with van der Waals surface area (Å²) in [5, 5.41) is 3.30. The van der Waals surface area contributed by atoms with Crippen LogP contribution in [0.15, 0.2) is 49.4 Å². The molecule has 32 heavy (non-hydrogen) atoms. The third-order valence-electron chi connectivity index (χ3n) is 6.49. The lowest BCUT2D eigenvalue weighted by Crippen LogP contribution is -2.15. The van der Waals surface area contributed by atoms with Gasteiger partial charge in [-0.3, -0.25) is 0 Å². The Bertz CT molecular complexity index is 884. The van der Waals surface area contributed by atoms with Gasteiger partial charge < -0.3 is 5.32 Å². The molecule has 3 heteroatoms. The summed E-state index contributed by atoms with van der Waals surface area (Å²) >= 11 is 0. The summed E-state index contributed by atoms with van der Waals surface area (Å²) in [6.45, 7) is 20.2. The number of allylic oxidation sites excluding steroid dienone is 2. The number of aryl methyl sites for hydroxylation is 1. The van der Waals surface area contributed by atoms with E-state index < -0.39 is 0 Å². The van der Waals surface area contributed by atoms with Gasteiger partial charge in [-0.2, -0.15) is 0 Å². The average molecular weight is 434 g/mol. The third kappa shape index (κ3) is 7.93. The van der Waals surface area contributed by atoms with Crippen molar-refractivity contribution < 1.29 is 0 Å². The molecule has 0 saturated heterocycles. The van der Waals surface area contributed by atoms with Gasteiger partial charge in [-0.15, -0.1) is 0 Å². The zero-order chi connectivity index (χ0) is 23.5. The van der Waals surface area contributed by atoms with E-state index in [-0.39, 0.29) is 0 Å². The minimum Gasteiger partial charge on any atom is -0.389 e. The number of aromatic nitrogens is 2. The molecule has 0 amide bonds. The molecule has 0 aliphatic rings. The van der Waals surface area contributed by atoms with Crippen LogP contribution in [0.4, 0.5) is 0 Å². The van der Waals surface area contributed by atoms with E-state index in [1.165, 1.54) is 48.1 Å². The van der Waals surface area contributed by atoms with Crippen molar-refractivity contribution in [2.45, 2.75) is 79.6 Å². The summed E-state index contributed by atoms with van der Waals surface area (Å²) in [6, 6.07) is 8.71. The monoisotopic (exact) mass is 433 g/mol. The van der Waals surface area contributed by atoms with E-state index in [0.29, 0.717) is 5.92 Å². The molecule has 3 nitrogen and oxygen atoms in total. The first-order chi connectivity index (χ1) is 15.3. The Labute approximate surface area is 196 Å². The van der Waals surface area contributed by atoms with Crippen LogP contribution in [0.25, 0.3) is 5.57 Å². The molecule has 0 aliphatic heterocycles. The second-order valence-electron chi connectivity index (χ2n) is 9.35. The predicted octanol–water partition coefficient (Wildman–Crippen LogP) is 7.10. The maximum atomic E-state index is 4.62. The molecular formula is C29H43N3. The fourth-order valence-electron chi connectivity index (χ4n) is 4.63. The minimum absolute atomic E-state index is 0.612. The standard InChI is InChI=1S/C29H43N3/c1-8-25(13-12-15-26-14-10-11-16-27(26)21(3)4)17-22(5)18-28-24(7)29(32-20-31-28)19-23(6)30-9-2/h10-11,14,16,20,22,25,30H,3,6,8-9,12-13,15,17-19H2,1-2,4-5,7H3. The van der Waals surface area contributed by atoms with E-state index in [1.807, 2.05) is 0 Å². The number of nitrogens with zero attached hydrogens (tertiary/aromatic N) is 2. The number of hydrogen-bond acceptors (Lipinski definition) is 3. The Kier molecular flexibility index (Phi) is 10.7. The van der Waals surface area contributed by atoms with E-state index in [2.05, 4.69) is 87.3 Å². The van der Waals surface area contributed by atoms with Gasteiger partial charge in [0.05, 0.1) is 5.69 Å². The molecule has 2 unspecified atom stereocenters. The van der Waals surface area contributed by atoms with Gasteiger partial charge in [-0.25, -0.2) is 9.97 Å². The molecule has 1 heterocycles. The van der Waals surface area contributed by atoms with Crippen molar-refractivity contribution in [3.63, 3.8) is 0 Å². The molecule has 0 fully saturated rings. The number of hydrogen-bond donors (Lipinski definition) is 1. The highest BCUT2D eigenvalue weighted by Crippen LogP contribution is 2.26. The summed E-state index contributed by atoms with van der Waals surface area (Å²) in [6.07, 6.45) is 9.65. The first-order valence-corrected chi connectivity index (χ1v) is 12.3. The van der Waals surface area contributed by atoms with Crippen molar-refractivity contribution in [2.24, 2.45) is 11.8 Å².